The minimum absolute atomic E-state index is 0.0265. The lowest BCUT2D eigenvalue weighted by Crippen LogP contribution is -2.43. The Kier molecular flexibility index (Phi) is 3.78. The Bertz CT molecular complexity index is 664. The number of thiazole rings is 1. The SMILES string of the molecule is CC1CN(C(=O)/C=C/c2c(Cl)nc3sccn23)CCO1. The van der Waals surface area contributed by atoms with Gasteiger partial charge in [-0.25, -0.2) is 4.98 Å². The second kappa shape index (κ2) is 5.55. The number of nitrogens with zero attached hydrogens (tertiary/aromatic N) is 3. The van der Waals surface area contributed by atoms with Gasteiger partial charge in [0.1, 0.15) is 0 Å². The number of aromatic nitrogens is 2. The minimum atomic E-state index is -0.0265. The van der Waals surface area contributed by atoms with Crippen LogP contribution in [0.15, 0.2) is 17.7 Å². The molecule has 0 N–H and O–H groups in total. The summed E-state index contributed by atoms with van der Waals surface area (Å²) in [6.45, 7) is 3.80. The van der Waals surface area contributed by atoms with Crippen molar-refractivity contribution in [3.63, 3.8) is 0 Å². The maximum atomic E-state index is 12.1. The fourth-order valence-electron chi connectivity index (χ4n) is 2.20. The Labute approximate surface area is 125 Å². The molecule has 1 aliphatic heterocycles. The highest BCUT2D eigenvalue weighted by Crippen LogP contribution is 2.22. The molecule has 3 rings (SSSR count). The number of morpholine rings is 1. The average Bonchev–Trinajstić information content (AvgIpc) is 2.97. The molecule has 0 aliphatic carbocycles. The van der Waals surface area contributed by atoms with Crippen molar-refractivity contribution < 1.29 is 9.53 Å². The monoisotopic (exact) mass is 311 g/mol. The van der Waals surface area contributed by atoms with E-state index < -0.39 is 0 Å². The minimum Gasteiger partial charge on any atom is -0.375 e. The van der Waals surface area contributed by atoms with Crippen molar-refractivity contribution in [2.45, 2.75) is 13.0 Å². The normalized spacial score (nSPS) is 20.1. The van der Waals surface area contributed by atoms with E-state index in [2.05, 4.69) is 4.98 Å². The van der Waals surface area contributed by atoms with Gasteiger partial charge in [0.15, 0.2) is 10.1 Å². The highest BCUT2D eigenvalue weighted by molar-refractivity contribution is 7.15. The van der Waals surface area contributed by atoms with E-state index in [1.54, 1.807) is 17.1 Å². The van der Waals surface area contributed by atoms with E-state index >= 15 is 0 Å². The van der Waals surface area contributed by atoms with Crippen molar-refractivity contribution in [3.05, 3.63) is 28.5 Å². The van der Waals surface area contributed by atoms with Gasteiger partial charge in [-0.2, -0.15) is 0 Å². The molecule has 7 heteroatoms. The second-order valence-corrected chi connectivity index (χ2v) is 5.87. The number of rotatable bonds is 2. The van der Waals surface area contributed by atoms with Crippen LogP contribution in [0.25, 0.3) is 11.0 Å². The first-order valence-electron chi connectivity index (χ1n) is 6.35. The Morgan fingerprint density at radius 3 is 3.30 bits per heavy atom. The van der Waals surface area contributed by atoms with Crippen LogP contribution in [-0.2, 0) is 9.53 Å². The molecule has 5 nitrogen and oxygen atoms in total. The van der Waals surface area contributed by atoms with E-state index in [9.17, 15) is 4.79 Å². The smallest absolute Gasteiger partial charge is 0.246 e. The topological polar surface area (TPSA) is 46.8 Å². The third kappa shape index (κ3) is 2.59. The summed E-state index contributed by atoms with van der Waals surface area (Å²) < 4.78 is 7.30. The van der Waals surface area contributed by atoms with Crippen molar-refractivity contribution in [1.82, 2.24) is 14.3 Å². The van der Waals surface area contributed by atoms with Crippen LogP contribution in [0.3, 0.4) is 0 Å². The molecular weight excluding hydrogens is 298 g/mol. The summed E-state index contributed by atoms with van der Waals surface area (Å²) in [5.41, 5.74) is 0.734. The van der Waals surface area contributed by atoms with Crippen molar-refractivity contribution in [2.75, 3.05) is 19.7 Å². The van der Waals surface area contributed by atoms with Gasteiger partial charge in [-0.15, -0.1) is 11.3 Å². The van der Waals surface area contributed by atoms with Gasteiger partial charge in [0.2, 0.25) is 5.91 Å². The average molecular weight is 312 g/mol. The molecule has 0 bridgehead atoms. The molecule has 3 heterocycles. The van der Waals surface area contributed by atoms with Crippen LogP contribution in [-0.4, -0.2) is 46.0 Å². The maximum Gasteiger partial charge on any atom is 0.246 e. The van der Waals surface area contributed by atoms with E-state index in [1.165, 1.54) is 11.3 Å². The van der Waals surface area contributed by atoms with Gasteiger partial charge in [-0.3, -0.25) is 9.20 Å². The van der Waals surface area contributed by atoms with Crippen LogP contribution in [0.2, 0.25) is 5.15 Å². The third-order valence-electron chi connectivity index (χ3n) is 3.19. The standard InChI is InChI=1S/C13H14ClN3O2S/c1-9-8-16(4-6-19-9)11(18)3-2-10-12(14)15-13-17(10)5-7-20-13/h2-3,5,7,9H,4,6,8H2,1H3/b3-2+. The molecule has 0 saturated carbocycles. The van der Waals surface area contributed by atoms with Crippen LogP contribution in [0.1, 0.15) is 12.6 Å². The van der Waals surface area contributed by atoms with Crippen molar-refractivity contribution in [3.8, 4) is 0 Å². The van der Waals surface area contributed by atoms with E-state index in [1.807, 2.05) is 22.9 Å². The van der Waals surface area contributed by atoms with E-state index in [-0.39, 0.29) is 12.0 Å². The fourth-order valence-corrected chi connectivity index (χ4v) is 3.21. The van der Waals surface area contributed by atoms with Gasteiger partial charge in [0.25, 0.3) is 0 Å². The number of ether oxygens (including phenoxy) is 1. The largest absolute Gasteiger partial charge is 0.375 e. The summed E-state index contributed by atoms with van der Waals surface area (Å²) in [4.78, 5) is 19.0. The highest BCUT2D eigenvalue weighted by Gasteiger charge is 2.19. The molecule has 0 radical (unpaired) electrons. The second-order valence-electron chi connectivity index (χ2n) is 4.64. The van der Waals surface area contributed by atoms with E-state index in [0.29, 0.717) is 24.8 Å². The summed E-state index contributed by atoms with van der Waals surface area (Å²) in [6.07, 6.45) is 5.24. The zero-order valence-corrected chi connectivity index (χ0v) is 12.5. The first-order valence-corrected chi connectivity index (χ1v) is 7.60. The number of carbonyl (C=O) groups is 1. The molecule has 1 amide bonds. The third-order valence-corrected chi connectivity index (χ3v) is 4.23. The lowest BCUT2D eigenvalue weighted by atomic mass is 10.3. The van der Waals surface area contributed by atoms with E-state index in [4.69, 9.17) is 16.3 Å². The number of hydrogen-bond acceptors (Lipinski definition) is 4. The van der Waals surface area contributed by atoms with Gasteiger partial charge >= 0.3 is 0 Å². The van der Waals surface area contributed by atoms with Crippen LogP contribution in [0, 0.1) is 0 Å². The maximum absolute atomic E-state index is 12.1. The molecule has 1 aliphatic rings. The van der Waals surface area contributed by atoms with Gasteiger partial charge in [-0.1, -0.05) is 11.6 Å². The Balaban J connectivity index is 1.78. The number of carbonyl (C=O) groups excluding carboxylic acids is 1. The summed E-state index contributed by atoms with van der Waals surface area (Å²) in [5.74, 6) is -0.0265. The summed E-state index contributed by atoms with van der Waals surface area (Å²) in [6, 6.07) is 0. The highest BCUT2D eigenvalue weighted by atomic mass is 35.5. The number of fused-ring (bicyclic) bond motifs is 1. The van der Waals surface area contributed by atoms with Gasteiger partial charge in [0.05, 0.1) is 18.4 Å². The number of halogens is 1. The molecule has 1 saturated heterocycles. The molecule has 106 valence electrons. The zero-order chi connectivity index (χ0) is 14.1. The lowest BCUT2D eigenvalue weighted by Gasteiger charge is -2.30. The predicted octanol–water partition coefficient (Wildman–Crippen LogP) is 2.31. The molecule has 1 unspecified atom stereocenters. The fraction of sp³-hybridized carbons (Fsp3) is 0.385. The molecule has 1 fully saturated rings. The Hall–Kier alpha value is -1.37. The van der Waals surface area contributed by atoms with E-state index in [0.717, 1.165) is 10.7 Å². The molecule has 0 spiro atoms. The van der Waals surface area contributed by atoms with Gasteiger partial charge in [0, 0.05) is 30.7 Å². The lowest BCUT2D eigenvalue weighted by molar-refractivity contribution is -0.132. The van der Waals surface area contributed by atoms with Crippen LogP contribution in [0.4, 0.5) is 0 Å². The molecular formula is C13H14ClN3O2S. The molecule has 20 heavy (non-hydrogen) atoms. The first kappa shape index (κ1) is 13.6. The first-order chi connectivity index (χ1) is 9.65. The molecule has 2 aromatic heterocycles. The molecule has 1 atom stereocenters. The quantitative estimate of drug-likeness (QED) is 0.800. The van der Waals surface area contributed by atoms with Gasteiger partial charge in [-0.05, 0) is 13.0 Å². The van der Waals surface area contributed by atoms with Crippen LogP contribution in [0.5, 0.6) is 0 Å². The van der Waals surface area contributed by atoms with Gasteiger partial charge < -0.3 is 9.64 Å². The number of imidazole rings is 1. The molecule has 2 aromatic rings. The number of amides is 1. The van der Waals surface area contributed by atoms with Crippen LogP contribution >= 0.6 is 22.9 Å². The number of hydrogen-bond donors (Lipinski definition) is 0. The summed E-state index contributed by atoms with van der Waals surface area (Å²) >= 11 is 7.59. The van der Waals surface area contributed by atoms with Crippen molar-refractivity contribution in [1.29, 1.82) is 0 Å². The Morgan fingerprint density at radius 1 is 1.65 bits per heavy atom. The van der Waals surface area contributed by atoms with Crippen molar-refractivity contribution in [2.24, 2.45) is 0 Å². The predicted molar refractivity (Wildman–Crippen MR) is 79.1 cm³/mol. The summed E-state index contributed by atoms with van der Waals surface area (Å²) in [5, 5.41) is 2.35. The van der Waals surface area contributed by atoms with Crippen LogP contribution < -0.4 is 0 Å². The Morgan fingerprint density at radius 2 is 2.50 bits per heavy atom. The molecule has 0 aromatic carbocycles. The summed E-state index contributed by atoms with van der Waals surface area (Å²) in [7, 11) is 0. The zero-order valence-electron chi connectivity index (χ0n) is 11.0. The van der Waals surface area contributed by atoms with Crippen molar-refractivity contribution >= 4 is 39.9 Å².